The van der Waals surface area contributed by atoms with Crippen molar-refractivity contribution >= 4 is 84.6 Å². The maximum atomic E-state index is 12.3. The molecule has 0 spiro atoms. The zero-order valence-corrected chi connectivity index (χ0v) is 21.3. The lowest BCUT2D eigenvalue weighted by molar-refractivity contribution is -0.113. The number of aromatic nitrogens is 2. The van der Waals surface area contributed by atoms with Gasteiger partial charge in [0.15, 0.2) is 9.47 Å². The predicted octanol–water partition coefficient (Wildman–Crippen LogP) is 7.66. The Morgan fingerprint density at radius 2 is 1.94 bits per heavy atom. The van der Waals surface area contributed by atoms with Gasteiger partial charge in [0.2, 0.25) is 5.91 Å². The second-order valence-corrected chi connectivity index (χ2v) is 11.3. The van der Waals surface area contributed by atoms with Crippen LogP contribution in [0.4, 0.5) is 5.13 Å². The zero-order chi connectivity index (χ0) is 21.8. The van der Waals surface area contributed by atoms with Gasteiger partial charge in [0, 0.05) is 32.9 Å². The third-order valence-electron chi connectivity index (χ3n) is 4.11. The van der Waals surface area contributed by atoms with Gasteiger partial charge < -0.3 is 5.32 Å². The first kappa shape index (κ1) is 22.8. The first-order valence-electron chi connectivity index (χ1n) is 8.99. The molecule has 0 aliphatic carbocycles. The number of nitrogens with zero attached hydrogens (tertiary/aromatic N) is 2. The molecule has 1 N–H and O–H groups in total. The van der Waals surface area contributed by atoms with Crippen LogP contribution in [0.15, 0.2) is 62.9 Å². The van der Waals surface area contributed by atoms with E-state index in [4.69, 9.17) is 23.2 Å². The molecule has 2 aromatic carbocycles. The van der Waals surface area contributed by atoms with Crippen molar-refractivity contribution < 1.29 is 4.79 Å². The van der Waals surface area contributed by atoms with Crippen LogP contribution in [-0.2, 0) is 11.2 Å². The summed E-state index contributed by atoms with van der Waals surface area (Å²) in [6, 6.07) is 13.5. The molecule has 31 heavy (non-hydrogen) atoms. The number of amides is 1. The van der Waals surface area contributed by atoms with E-state index in [2.05, 4.69) is 31.2 Å². The smallest absolute Gasteiger partial charge is 0.236 e. The molecule has 10 heteroatoms. The lowest BCUT2D eigenvalue weighted by atomic mass is 10.1. The van der Waals surface area contributed by atoms with Gasteiger partial charge in [0.1, 0.15) is 0 Å². The standard InChI is InChI=1S/C21H14BrCl2N3OS3/c22-14-4-2-13(3-5-14)18-10-29-21(26-18)30-11-19(28)27-20-25-9-15(31-20)7-12-1-6-16(23)17(24)8-12/h1-6,8-10H,7,11H2,(H,25,27,28). The summed E-state index contributed by atoms with van der Waals surface area (Å²) >= 11 is 19.9. The van der Waals surface area contributed by atoms with E-state index in [9.17, 15) is 4.79 Å². The minimum atomic E-state index is -0.110. The first-order valence-corrected chi connectivity index (χ1v) is 13.2. The molecule has 2 aromatic heterocycles. The monoisotopic (exact) mass is 569 g/mol. The summed E-state index contributed by atoms with van der Waals surface area (Å²) in [7, 11) is 0. The van der Waals surface area contributed by atoms with E-state index in [0.717, 1.165) is 30.5 Å². The van der Waals surface area contributed by atoms with Crippen molar-refractivity contribution in [2.24, 2.45) is 0 Å². The topological polar surface area (TPSA) is 54.9 Å². The number of hydrogen-bond acceptors (Lipinski definition) is 6. The summed E-state index contributed by atoms with van der Waals surface area (Å²) in [5.41, 5.74) is 3.00. The molecule has 1 amide bonds. The van der Waals surface area contributed by atoms with E-state index in [1.807, 2.05) is 41.8 Å². The van der Waals surface area contributed by atoms with Crippen molar-refractivity contribution in [3.8, 4) is 11.3 Å². The SMILES string of the molecule is O=C(CSc1nc(-c2ccc(Br)cc2)cs1)Nc1ncc(Cc2ccc(Cl)c(Cl)c2)s1. The summed E-state index contributed by atoms with van der Waals surface area (Å²) in [5.74, 6) is 0.162. The molecule has 0 bridgehead atoms. The third kappa shape index (κ3) is 6.31. The van der Waals surface area contributed by atoms with Gasteiger partial charge in [-0.2, -0.15) is 0 Å². The molecular weight excluding hydrogens is 557 g/mol. The summed E-state index contributed by atoms with van der Waals surface area (Å²) < 4.78 is 1.88. The molecular formula is C21H14BrCl2N3OS3. The molecule has 4 rings (SSSR count). The van der Waals surface area contributed by atoms with Crippen molar-refractivity contribution in [2.75, 3.05) is 11.1 Å². The minimum absolute atomic E-state index is 0.110. The molecule has 0 fully saturated rings. The second kappa shape index (κ2) is 10.5. The maximum Gasteiger partial charge on any atom is 0.236 e. The molecule has 0 unspecified atom stereocenters. The Bertz CT molecular complexity index is 1210. The molecule has 0 saturated heterocycles. The quantitative estimate of drug-likeness (QED) is 0.232. The van der Waals surface area contributed by atoms with Crippen LogP contribution in [0.25, 0.3) is 11.3 Å². The average molecular weight is 571 g/mol. The number of carbonyl (C=O) groups excluding carboxylic acids is 1. The van der Waals surface area contributed by atoms with E-state index < -0.39 is 0 Å². The number of hydrogen-bond donors (Lipinski definition) is 1. The van der Waals surface area contributed by atoms with Crippen molar-refractivity contribution in [2.45, 2.75) is 10.8 Å². The van der Waals surface area contributed by atoms with Crippen molar-refractivity contribution in [1.29, 1.82) is 0 Å². The number of nitrogens with one attached hydrogen (secondary N) is 1. The van der Waals surface area contributed by atoms with Crippen LogP contribution in [-0.4, -0.2) is 21.6 Å². The average Bonchev–Trinajstić information content (AvgIpc) is 3.39. The largest absolute Gasteiger partial charge is 0.301 e. The molecule has 2 heterocycles. The van der Waals surface area contributed by atoms with E-state index in [1.165, 1.54) is 34.4 Å². The molecule has 0 saturated carbocycles. The van der Waals surface area contributed by atoms with E-state index >= 15 is 0 Å². The van der Waals surface area contributed by atoms with Crippen molar-refractivity contribution in [3.63, 3.8) is 0 Å². The van der Waals surface area contributed by atoms with Crippen LogP contribution >= 0.6 is 73.6 Å². The highest BCUT2D eigenvalue weighted by Gasteiger charge is 2.11. The van der Waals surface area contributed by atoms with Crippen LogP contribution in [0.3, 0.4) is 0 Å². The number of rotatable bonds is 7. The molecule has 0 aliphatic rings. The van der Waals surface area contributed by atoms with Gasteiger partial charge >= 0.3 is 0 Å². The van der Waals surface area contributed by atoms with Crippen LogP contribution in [0.1, 0.15) is 10.4 Å². The summed E-state index contributed by atoms with van der Waals surface area (Å²) in [6.45, 7) is 0. The normalized spacial score (nSPS) is 10.9. The number of carbonyl (C=O) groups is 1. The summed E-state index contributed by atoms with van der Waals surface area (Å²) in [5, 5.41) is 6.49. The number of thiazole rings is 2. The van der Waals surface area contributed by atoms with Crippen molar-refractivity contribution in [1.82, 2.24) is 9.97 Å². The fourth-order valence-electron chi connectivity index (χ4n) is 2.66. The van der Waals surface area contributed by atoms with E-state index in [0.29, 0.717) is 21.6 Å². The Morgan fingerprint density at radius 3 is 2.71 bits per heavy atom. The molecule has 0 atom stereocenters. The summed E-state index contributed by atoms with van der Waals surface area (Å²) in [4.78, 5) is 22.3. The molecule has 158 valence electrons. The molecule has 0 radical (unpaired) electrons. The highest BCUT2D eigenvalue weighted by atomic mass is 79.9. The first-order chi connectivity index (χ1) is 15.0. The third-order valence-corrected chi connectivity index (χ3v) is 8.31. The van der Waals surface area contributed by atoms with Gasteiger partial charge in [0.05, 0.1) is 21.5 Å². The lowest BCUT2D eigenvalue weighted by Crippen LogP contribution is -2.13. The van der Waals surface area contributed by atoms with Gasteiger partial charge in [-0.15, -0.1) is 22.7 Å². The Labute approximate surface area is 210 Å². The van der Waals surface area contributed by atoms with Crippen LogP contribution < -0.4 is 5.32 Å². The Morgan fingerprint density at radius 1 is 1.13 bits per heavy atom. The molecule has 0 aliphatic heterocycles. The van der Waals surface area contributed by atoms with E-state index in [1.54, 1.807) is 12.3 Å². The minimum Gasteiger partial charge on any atom is -0.301 e. The van der Waals surface area contributed by atoms with Gasteiger partial charge in [0.25, 0.3) is 0 Å². The zero-order valence-electron chi connectivity index (χ0n) is 15.8. The number of halogens is 3. The highest BCUT2D eigenvalue weighted by molar-refractivity contribution is 9.10. The Kier molecular flexibility index (Phi) is 7.68. The fourth-order valence-corrected chi connectivity index (χ4v) is 5.74. The van der Waals surface area contributed by atoms with Crippen LogP contribution in [0, 0.1) is 0 Å². The maximum absolute atomic E-state index is 12.3. The Balaban J connectivity index is 1.29. The van der Waals surface area contributed by atoms with Crippen LogP contribution in [0.2, 0.25) is 10.0 Å². The van der Waals surface area contributed by atoms with Crippen LogP contribution in [0.5, 0.6) is 0 Å². The Hall–Kier alpha value is -1.42. The fraction of sp³-hybridized carbons (Fsp3) is 0.0952. The van der Waals surface area contributed by atoms with E-state index in [-0.39, 0.29) is 11.7 Å². The lowest BCUT2D eigenvalue weighted by Gasteiger charge is -2.01. The molecule has 4 aromatic rings. The number of anilines is 1. The second-order valence-electron chi connectivity index (χ2n) is 6.40. The number of benzene rings is 2. The predicted molar refractivity (Wildman–Crippen MR) is 136 cm³/mol. The summed E-state index contributed by atoms with van der Waals surface area (Å²) in [6.07, 6.45) is 2.44. The number of thioether (sulfide) groups is 1. The van der Waals surface area contributed by atoms with Gasteiger partial charge in [-0.3, -0.25) is 4.79 Å². The van der Waals surface area contributed by atoms with Gasteiger partial charge in [-0.05, 0) is 29.8 Å². The van der Waals surface area contributed by atoms with Gasteiger partial charge in [-0.1, -0.05) is 69.1 Å². The molecule has 4 nitrogen and oxygen atoms in total. The highest BCUT2D eigenvalue weighted by Crippen LogP contribution is 2.30. The van der Waals surface area contributed by atoms with Gasteiger partial charge in [-0.25, -0.2) is 9.97 Å². The van der Waals surface area contributed by atoms with Crippen molar-refractivity contribution in [3.05, 3.63) is 79.0 Å².